The number of aliphatic hydroxyl groups is 1. The van der Waals surface area contributed by atoms with Crippen molar-refractivity contribution in [2.75, 3.05) is 33.9 Å². The van der Waals surface area contributed by atoms with Crippen LogP contribution in [0.2, 0.25) is 0 Å². The Bertz CT molecular complexity index is 917. The predicted octanol–water partition coefficient (Wildman–Crippen LogP) is 2.25. The van der Waals surface area contributed by atoms with E-state index in [1.807, 2.05) is 55.5 Å². The maximum absolute atomic E-state index is 13.2. The summed E-state index contributed by atoms with van der Waals surface area (Å²) in [6.45, 7) is 2.43. The molecular formula is C23H26N2O4. The minimum absolute atomic E-state index is 0.103. The number of methoxy groups -OCH3 is 1. The van der Waals surface area contributed by atoms with Crippen molar-refractivity contribution in [1.29, 1.82) is 0 Å². The van der Waals surface area contributed by atoms with Crippen LogP contribution >= 0.6 is 0 Å². The zero-order valence-corrected chi connectivity index (χ0v) is 17.0. The van der Waals surface area contributed by atoms with Gasteiger partial charge >= 0.3 is 0 Å². The lowest BCUT2D eigenvalue weighted by atomic mass is 10.0. The fourth-order valence-corrected chi connectivity index (χ4v) is 3.40. The van der Waals surface area contributed by atoms with Gasteiger partial charge in [0.2, 0.25) is 0 Å². The van der Waals surface area contributed by atoms with Gasteiger partial charge in [-0.05, 0) is 36.6 Å². The Labute approximate surface area is 171 Å². The summed E-state index contributed by atoms with van der Waals surface area (Å²) in [4.78, 5) is 29.2. The van der Waals surface area contributed by atoms with E-state index < -0.39 is 0 Å². The van der Waals surface area contributed by atoms with Gasteiger partial charge in [-0.25, -0.2) is 0 Å². The second-order valence-corrected chi connectivity index (χ2v) is 7.09. The summed E-state index contributed by atoms with van der Waals surface area (Å²) in [5.41, 5.74) is 3.53. The smallest absolute Gasteiger partial charge is 0.277 e. The van der Waals surface area contributed by atoms with Gasteiger partial charge in [0.05, 0.1) is 19.3 Å². The monoisotopic (exact) mass is 394 g/mol. The molecule has 29 heavy (non-hydrogen) atoms. The molecule has 0 spiro atoms. The molecule has 1 aliphatic heterocycles. The largest absolute Gasteiger partial charge is 0.497 e. The maximum atomic E-state index is 13.2. The van der Waals surface area contributed by atoms with E-state index in [-0.39, 0.29) is 31.5 Å². The van der Waals surface area contributed by atoms with Crippen molar-refractivity contribution >= 4 is 17.4 Å². The minimum Gasteiger partial charge on any atom is -0.497 e. The molecule has 1 N–H and O–H groups in total. The van der Waals surface area contributed by atoms with E-state index in [0.717, 1.165) is 16.9 Å². The topological polar surface area (TPSA) is 70.1 Å². The summed E-state index contributed by atoms with van der Waals surface area (Å²) in [6, 6.07) is 15.1. The average molecular weight is 394 g/mol. The molecule has 2 aromatic carbocycles. The van der Waals surface area contributed by atoms with Crippen molar-refractivity contribution in [3.05, 3.63) is 70.9 Å². The lowest BCUT2D eigenvalue weighted by Gasteiger charge is -2.20. The maximum Gasteiger partial charge on any atom is 0.277 e. The third-order valence-electron chi connectivity index (χ3n) is 5.08. The third-order valence-corrected chi connectivity index (χ3v) is 5.08. The molecule has 1 aliphatic rings. The highest BCUT2D eigenvalue weighted by atomic mass is 16.5. The van der Waals surface area contributed by atoms with Gasteiger partial charge in [0.15, 0.2) is 0 Å². The van der Waals surface area contributed by atoms with Gasteiger partial charge in [-0.3, -0.25) is 14.5 Å². The number of imide groups is 1. The highest BCUT2D eigenvalue weighted by Crippen LogP contribution is 2.31. The number of likely N-dealkylation sites (N-methyl/N-ethyl adjacent to an activating group) is 1. The Balaban J connectivity index is 1.86. The molecule has 0 saturated carbocycles. The van der Waals surface area contributed by atoms with Crippen LogP contribution in [0.25, 0.3) is 5.57 Å². The van der Waals surface area contributed by atoms with E-state index in [4.69, 9.17) is 4.74 Å². The molecule has 1 heterocycles. The fourth-order valence-electron chi connectivity index (χ4n) is 3.40. The summed E-state index contributed by atoms with van der Waals surface area (Å²) in [5.74, 6) is 0.139. The molecule has 6 nitrogen and oxygen atoms in total. The number of hydrogen-bond donors (Lipinski definition) is 1. The number of hydrogen-bond acceptors (Lipinski definition) is 5. The molecule has 2 aromatic rings. The molecule has 0 aliphatic carbocycles. The Kier molecular flexibility index (Phi) is 6.34. The average Bonchev–Trinajstić information content (AvgIpc) is 2.97. The van der Waals surface area contributed by atoms with Gasteiger partial charge < -0.3 is 14.7 Å². The minimum atomic E-state index is -0.324. The summed E-state index contributed by atoms with van der Waals surface area (Å²) in [7, 11) is 3.33. The quantitative estimate of drug-likeness (QED) is 0.696. The fraction of sp³-hybridized carbons (Fsp3) is 0.304. The van der Waals surface area contributed by atoms with Gasteiger partial charge in [-0.2, -0.15) is 0 Å². The second kappa shape index (κ2) is 8.92. The highest BCUT2D eigenvalue weighted by molar-refractivity contribution is 6.35. The van der Waals surface area contributed by atoms with Crippen molar-refractivity contribution in [1.82, 2.24) is 9.80 Å². The lowest BCUT2D eigenvalue weighted by molar-refractivity contribution is -0.137. The first-order chi connectivity index (χ1) is 14.0. The number of rotatable bonds is 8. The molecule has 0 bridgehead atoms. The van der Waals surface area contributed by atoms with Gasteiger partial charge in [0, 0.05) is 20.1 Å². The molecule has 6 heteroatoms. The van der Waals surface area contributed by atoms with Crippen molar-refractivity contribution in [2.24, 2.45) is 0 Å². The van der Waals surface area contributed by atoms with Gasteiger partial charge in [0.25, 0.3) is 11.8 Å². The zero-order valence-electron chi connectivity index (χ0n) is 17.0. The van der Waals surface area contributed by atoms with Crippen molar-refractivity contribution in [2.45, 2.75) is 13.3 Å². The van der Waals surface area contributed by atoms with E-state index >= 15 is 0 Å². The van der Waals surface area contributed by atoms with Crippen LogP contribution in [-0.4, -0.2) is 60.6 Å². The van der Waals surface area contributed by atoms with Gasteiger partial charge in [-0.15, -0.1) is 0 Å². The Morgan fingerprint density at radius 3 is 2.24 bits per heavy atom. The van der Waals surface area contributed by atoms with Crippen LogP contribution in [0.4, 0.5) is 0 Å². The summed E-state index contributed by atoms with van der Waals surface area (Å²) in [5, 5.41) is 9.32. The molecule has 2 amide bonds. The van der Waals surface area contributed by atoms with Crippen LogP contribution in [0.15, 0.2) is 54.2 Å². The number of carbonyl (C=O) groups is 2. The number of nitrogens with zero attached hydrogens (tertiary/aromatic N) is 2. The predicted molar refractivity (Wildman–Crippen MR) is 111 cm³/mol. The van der Waals surface area contributed by atoms with Crippen molar-refractivity contribution in [3.63, 3.8) is 0 Å². The number of carbonyl (C=O) groups excluding carboxylic acids is 2. The Hall–Kier alpha value is -3.12. The molecule has 0 fully saturated rings. The number of benzene rings is 2. The van der Waals surface area contributed by atoms with Crippen LogP contribution in [-0.2, 0) is 16.0 Å². The van der Waals surface area contributed by atoms with E-state index in [9.17, 15) is 14.7 Å². The number of amides is 2. The molecule has 152 valence electrons. The van der Waals surface area contributed by atoms with Crippen molar-refractivity contribution in [3.8, 4) is 5.75 Å². The van der Waals surface area contributed by atoms with Crippen LogP contribution in [0, 0.1) is 6.92 Å². The van der Waals surface area contributed by atoms with E-state index in [1.165, 1.54) is 4.90 Å². The van der Waals surface area contributed by atoms with Crippen LogP contribution in [0.3, 0.4) is 0 Å². The molecule has 0 atom stereocenters. The molecule has 0 unspecified atom stereocenters. The lowest BCUT2D eigenvalue weighted by Crippen LogP contribution is -2.36. The molecule has 0 radical (unpaired) electrons. The molecule has 3 rings (SSSR count). The second-order valence-electron chi connectivity index (χ2n) is 7.09. The van der Waals surface area contributed by atoms with Crippen molar-refractivity contribution < 1.29 is 19.4 Å². The first kappa shape index (κ1) is 20.6. The standard InChI is InChI=1S/C23H26N2O4/c1-16-4-8-18(9-5-16)20-21(24(2)14-15-26)23(28)25(22(20)27)13-12-17-6-10-19(29-3)11-7-17/h4-11,26H,12-15H2,1-3H3. The molecule has 0 aromatic heterocycles. The van der Waals surface area contributed by atoms with Gasteiger partial charge in [-0.1, -0.05) is 42.0 Å². The SMILES string of the molecule is COc1ccc(CCN2C(=O)C(c3ccc(C)cc3)=C(N(C)CCO)C2=O)cc1. The van der Waals surface area contributed by atoms with Gasteiger partial charge in [0.1, 0.15) is 11.4 Å². The summed E-state index contributed by atoms with van der Waals surface area (Å²) < 4.78 is 5.16. The zero-order chi connectivity index (χ0) is 21.0. The number of aliphatic hydroxyl groups excluding tert-OH is 1. The highest BCUT2D eigenvalue weighted by Gasteiger charge is 2.40. The van der Waals surface area contributed by atoms with Crippen LogP contribution in [0.5, 0.6) is 5.75 Å². The summed E-state index contributed by atoms with van der Waals surface area (Å²) >= 11 is 0. The van der Waals surface area contributed by atoms with E-state index in [2.05, 4.69) is 0 Å². The normalized spacial score (nSPS) is 14.0. The first-order valence-corrected chi connectivity index (χ1v) is 9.58. The summed E-state index contributed by atoms with van der Waals surface area (Å²) in [6.07, 6.45) is 0.555. The third kappa shape index (κ3) is 4.32. The molecular weight excluding hydrogens is 368 g/mol. The number of aryl methyl sites for hydroxylation is 1. The number of ether oxygens (including phenoxy) is 1. The van der Waals surface area contributed by atoms with E-state index in [1.54, 1.807) is 19.1 Å². The Morgan fingerprint density at radius 2 is 1.66 bits per heavy atom. The molecule has 0 saturated heterocycles. The van der Waals surface area contributed by atoms with Crippen LogP contribution in [0.1, 0.15) is 16.7 Å². The van der Waals surface area contributed by atoms with E-state index in [0.29, 0.717) is 23.3 Å². The first-order valence-electron chi connectivity index (χ1n) is 9.58. The van der Waals surface area contributed by atoms with Crippen LogP contribution < -0.4 is 4.74 Å². The Morgan fingerprint density at radius 1 is 1.00 bits per heavy atom.